The Morgan fingerprint density at radius 3 is 2.67 bits per heavy atom. The Morgan fingerprint density at radius 1 is 1.07 bits per heavy atom. The van der Waals surface area contributed by atoms with Crippen molar-refractivity contribution in [3.05, 3.63) is 87.8 Å². The Balaban J connectivity index is 1.62. The normalized spacial score (nSPS) is 10.9. The van der Waals surface area contributed by atoms with Gasteiger partial charge >= 0.3 is 0 Å². The number of ether oxygens (including phenoxy) is 2. The van der Waals surface area contributed by atoms with Crippen LogP contribution >= 0.6 is 23.2 Å². The molecule has 4 nitrogen and oxygen atoms in total. The summed E-state index contributed by atoms with van der Waals surface area (Å²) >= 11 is 11.8. The zero-order chi connectivity index (χ0) is 19.2. The fourth-order valence-electron chi connectivity index (χ4n) is 2.38. The Morgan fingerprint density at radius 2 is 1.89 bits per heavy atom. The van der Waals surface area contributed by atoms with Crippen LogP contribution in [0.5, 0.6) is 11.5 Å². The molecule has 2 aromatic carbocycles. The van der Waals surface area contributed by atoms with Gasteiger partial charge in [-0.05, 0) is 48.6 Å². The lowest BCUT2D eigenvalue weighted by Gasteiger charge is -2.05. The van der Waals surface area contributed by atoms with Gasteiger partial charge in [0.25, 0.3) is 0 Å². The molecular formula is C21H16Cl2O4. The molecule has 0 radical (unpaired) electrons. The van der Waals surface area contributed by atoms with Gasteiger partial charge in [-0.25, -0.2) is 0 Å². The number of furan rings is 1. The number of hydrogen-bond acceptors (Lipinski definition) is 4. The summed E-state index contributed by atoms with van der Waals surface area (Å²) in [6, 6.07) is 15.6. The van der Waals surface area contributed by atoms with E-state index in [2.05, 4.69) is 0 Å². The van der Waals surface area contributed by atoms with E-state index in [1.54, 1.807) is 54.6 Å². The Labute approximate surface area is 166 Å². The predicted octanol–water partition coefficient (Wildman–Crippen LogP) is 6.07. The van der Waals surface area contributed by atoms with Gasteiger partial charge in [-0.2, -0.15) is 0 Å². The zero-order valence-electron chi connectivity index (χ0n) is 14.4. The molecule has 3 rings (SSSR count). The third-order valence-corrected chi connectivity index (χ3v) is 4.47. The molecular weight excluding hydrogens is 387 g/mol. The van der Waals surface area contributed by atoms with Crippen molar-refractivity contribution in [1.82, 2.24) is 0 Å². The van der Waals surface area contributed by atoms with E-state index in [4.69, 9.17) is 37.1 Å². The van der Waals surface area contributed by atoms with Gasteiger partial charge in [-0.3, -0.25) is 4.79 Å². The fourth-order valence-corrected chi connectivity index (χ4v) is 2.67. The summed E-state index contributed by atoms with van der Waals surface area (Å²) in [4.78, 5) is 12.3. The van der Waals surface area contributed by atoms with E-state index in [1.165, 1.54) is 13.2 Å². The molecule has 1 aromatic heterocycles. The van der Waals surface area contributed by atoms with Crippen LogP contribution in [0.25, 0.3) is 6.08 Å². The third-order valence-electron chi connectivity index (χ3n) is 3.73. The van der Waals surface area contributed by atoms with Crippen molar-refractivity contribution in [2.24, 2.45) is 0 Å². The molecule has 0 N–H and O–H groups in total. The van der Waals surface area contributed by atoms with E-state index in [1.807, 2.05) is 6.07 Å². The molecule has 6 heteroatoms. The first-order valence-electron chi connectivity index (χ1n) is 8.09. The molecule has 1 heterocycles. The lowest BCUT2D eigenvalue weighted by Crippen LogP contribution is -1.98. The fraction of sp³-hybridized carbons (Fsp3) is 0.0952. The Hall–Kier alpha value is -2.69. The molecule has 0 unspecified atom stereocenters. The first-order valence-corrected chi connectivity index (χ1v) is 8.84. The summed E-state index contributed by atoms with van der Waals surface area (Å²) in [7, 11) is 1.53. The van der Waals surface area contributed by atoms with Crippen LogP contribution in [0.15, 0.2) is 65.1 Å². The first-order chi connectivity index (χ1) is 13.1. The van der Waals surface area contributed by atoms with Gasteiger partial charge in [-0.15, -0.1) is 0 Å². The summed E-state index contributed by atoms with van der Waals surface area (Å²) in [6.45, 7) is 0.228. The van der Waals surface area contributed by atoms with E-state index >= 15 is 0 Å². The lowest BCUT2D eigenvalue weighted by molar-refractivity contribution is 0.104. The average Bonchev–Trinajstić information content (AvgIpc) is 3.15. The maximum absolute atomic E-state index is 12.3. The topological polar surface area (TPSA) is 48.7 Å². The predicted molar refractivity (Wildman–Crippen MR) is 106 cm³/mol. The molecule has 0 saturated carbocycles. The van der Waals surface area contributed by atoms with E-state index < -0.39 is 0 Å². The van der Waals surface area contributed by atoms with Gasteiger partial charge in [0.05, 0.1) is 22.7 Å². The molecule has 0 fully saturated rings. The van der Waals surface area contributed by atoms with Gasteiger partial charge in [0.15, 0.2) is 5.78 Å². The van der Waals surface area contributed by atoms with Crippen molar-refractivity contribution in [2.45, 2.75) is 6.61 Å². The van der Waals surface area contributed by atoms with Gasteiger partial charge < -0.3 is 13.9 Å². The number of rotatable bonds is 7. The second-order valence-corrected chi connectivity index (χ2v) is 6.38. The standard InChI is InChI=1S/C21H16Cl2O4/c1-25-21-5-3-2-4-17(21)20(24)11-9-14-6-7-16(27-14)13-26-15-8-10-18(22)19(23)12-15/h2-12H,13H2,1H3/b11-9+. The molecule has 0 aliphatic heterocycles. The summed E-state index contributed by atoms with van der Waals surface area (Å²) in [5.41, 5.74) is 0.492. The Bertz CT molecular complexity index is 976. The van der Waals surface area contributed by atoms with E-state index in [9.17, 15) is 4.79 Å². The van der Waals surface area contributed by atoms with Gasteiger partial charge in [0.1, 0.15) is 29.6 Å². The third kappa shape index (κ3) is 4.94. The Kier molecular flexibility index (Phi) is 6.22. The molecule has 3 aromatic rings. The highest BCUT2D eigenvalue weighted by molar-refractivity contribution is 6.42. The lowest BCUT2D eigenvalue weighted by atomic mass is 10.1. The largest absolute Gasteiger partial charge is 0.496 e. The highest BCUT2D eigenvalue weighted by Gasteiger charge is 2.09. The summed E-state index contributed by atoms with van der Waals surface area (Å²) in [5.74, 6) is 2.11. The van der Waals surface area contributed by atoms with E-state index in [0.29, 0.717) is 38.6 Å². The van der Waals surface area contributed by atoms with Gasteiger partial charge in [0.2, 0.25) is 0 Å². The van der Waals surface area contributed by atoms with Crippen LogP contribution in [0.2, 0.25) is 10.0 Å². The van der Waals surface area contributed by atoms with Crippen LogP contribution in [0.1, 0.15) is 21.9 Å². The second-order valence-electron chi connectivity index (χ2n) is 5.57. The number of allylic oxidation sites excluding steroid dienone is 1. The zero-order valence-corrected chi connectivity index (χ0v) is 16.0. The van der Waals surface area contributed by atoms with Gasteiger partial charge in [0, 0.05) is 6.07 Å². The minimum atomic E-state index is -0.169. The van der Waals surface area contributed by atoms with Crippen molar-refractivity contribution in [1.29, 1.82) is 0 Å². The van der Waals surface area contributed by atoms with Crippen LogP contribution < -0.4 is 9.47 Å². The summed E-state index contributed by atoms with van der Waals surface area (Å²) in [5, 5.41) is 0.890. The van der Waals surface area contributed by atoms with Crippen LogP contribution in [0, 0.1) is 0 Å². The number of methoxy groups -OCH3 is 1. The molecule has 0 saturated heterocycles. The highest BCUT2D eigenvalue weighted by atomic mass is 35.5. The van der Waals surface area contributed by atoms with E-state index in [0.717, 1.165) is 0 Å². The molecule has 0 spiro atoms. The monoisotopic (exact) mass is 402 g/mol. The summed E-state index contributed by atoms with van der Waals surface area (Å²) < 4.78 is 16.5. The minimum Gasteiger partial charge on any atom is -0.496 e. The summed E-state index contributed by atoms with van der Waals surface area (Å²) in [6.07, 6.45) is 3.05. The molecule has 27 heavy (non-hydrogen) atoms. The van der Waals surface area contributed by atoms with Crippen molar-refractivity contribution in [3.63, 3.8) is 0 Å². The molecule has 0 atom stereocenters. The molecule has 0 amide bonds. The van der Waals surface area contributed by atoms with Crippen molar-refractivity contribution in [3.8, 4) is 11.5 Å². The second kappa shape index (κ2) is 8.80. The van der Waals surface area contributed by atoms with E-state index in [-0.39, 0.29) is 12.4 Å². The molecule has 0 aliphatic rings. The average molecular weight is 403 g/mol. The number of hydrogen-bond donors (Lipinski definition) is 0. The van der Waals surface area contributed by atoms with Crippen molar-refractivity contribution in [2.75, 3.05) is 7.11 Å². The minimum absolute atomic E-state index is 0.169. The van der Waals surface area contributed by atoms with Gasteiger partial charge in [-0.1, -0.05) is 35.3 Å². The number of carbonyl (C=O) groups excluding carboxylic acids is 1. The van der Waals surface area contributed by atoms with Crippen LogP contribution in [-0.2, 0) is 6.61 Å². The molecule has 0 bridgehead atoms. The highest BCUT2D eigenvalue weighted by Crippen LogP contribution is 2.27. The van der Waals surface area contributed by atoms with Crippen molar-refractivity contribution >= 4 is 35.1 Å². The number of benzene rings is 2. The van der Waals surface area contributed by atoms with Crippen LogP contribution in [-0.4, -0.2) is 12.9 Å². The van der Waals surface area contributed by atoms with Crippen molar-refractivity contribution < 1.29 is 18.7 Å². The first kappa shape index (κ1) is 19.1. The number of halogens is 2. The van der Waals surface area contributed by atoms with Crippen LogP contribution in [0.4, 0.5) is 0 Å². The molecule has 0 aliphatic carbocycles. The van der Waals surface area contributed by atoms with Crippen LogP contribution in [0.3, 0.4) is 0 Å². The number of ketones is 1. The maximum Gasteiger partial charge on any atom is 0.189 e. The smallest absolute Gasteiger partial charge is 0.189 e. The quantitative estimate of drug-likeness (QED) is 0.355. The maximum atomic E-state index is 12.3. The molecule has 138 valence electrons. The number of carbonyl (C=O) groups is 1. The SMILES string of the molecule is COc1ccccc1C(=O)/C=C/c1ccc(COc2ccc(Cl)c(Cl)c2)o1. The number of para-hydroxylation sites is 1.